The number of rotatable bonds is 5. The summed E-state index contributed by atoms with van der Waals surface area (Å²) < 4.78 is 0.984. The Morgan fingerprint density at radius 1 is 1.12 bits per heavy atom. The molecule has 1 unspecified atom stereocenters. The summed E-state index contributed by atoms with van der Waals surface area (Å²) in [6.45, 7) is 4.02. The second kappa shape index (κ2) is 7.09. The van der Waals surface area contributed by atoms with Crippen molar-refractivity contribution in [2.45, 2.75) is 26.4 Å². The Labute approximate surface area is 158 Å². The zero-order valence-electron chi connectivity index (χ0n) is 13.8. The molecule has 1 aliphatic rings. The predicted molar refractivity (Wildman–Crippen MR) is 99.4 cm³/mol. The van der Waals surface area contributed by atoms with Gasteiger partial charge in [0.2, 0.25) is 5.91 Å². The number of nitrogens with zero attached hydrogens (tertiary/aromatic N) is 1. The first-order chi connectivity index (χ1) is 11.9. The lowest BCUT2D eigenvalue weighted by molar-refractivity contribution is -0.126. The van der Waals surface area contributed by atoms with Crippen molar-refractivity contribution in [3.63, 3.8) is 0 Å². The molecule has 0 fully saturated rings. The van der Waals surface area contributed by atoms with E-state index in [-0.39, 0.29) is 11.8 Å². The van der Waals surface area contributed by atoms with E-state index in [1.807, 2.05) is 26.0 Å². The minimum Gasteiger partial charge on any atom is -0.349 e. The van der Waals surface area contributed by atoms with Crippen molar-refractivity contribution in [3.8, 4) is 0 Å². The highest BCUT2D eigenvalue weighted by Crippen LogP contribution is 2.27. The van der Waals surface area contributed by atoms with Gasteiger partial charge in [0, 0.05) is 4.88 Å². The van der Waals surface area contributed by atoms with Crippen LogP contribution in [0, 0.1) is 5.92 Å². The number of halogens is 1. The fourth-order valence-corrected chi connectivity index (χ4v) is 4.33. The van der Waals surface area contributed by atoms with Crippen LogP contribution in [0.1, 0.15) is 39.4 Å². The monoisotopic (exact) mass is 420 g/mol. The first-order valence-electron chi connectivity index (χ1n) is 7.89. The highest BCUT2D eigenvalue weighted by Gasteiger charge is 2.43. The molecule has 2 aromatic rings. The molecular weight excluding hydrogens is 404 g/mol. The predicted octanol–water partition coefficient (Wildman–Crippen LogP) is 3.45. The van der Waals surface area contributed by atoms with Crippen LogP contribution in [0.15, 0.2) is 40.2 Å². The molecule has 1 atom stereocenters. The van der Waals surface area contributed by atoms with E-state index in [0.29, 0.717) is 17.7 Å². The van der Waals surface area contributed by atoms with Gasteiger partial charge in [0.1, 0.15) is 6.04 Å². The molecule has 1 aromatic heterocycles. The number of thiophene rings is 1. The number of amides is 3. The molecular formula is C18H17BrN2O3S. The first kappa shape index (κ1) is 17.8. The standard InChI is InChI=1S/C18H17BrN2O3S/c1-10(2)15(16(22)20-9-11-7-8-14(19)25-11)21-17(23)12-5-3-4-6-13(12)18(21)24/h3-8,10,15H,9H2,1-2H3,(H,20,22). The Morgan fingerprint density at radius 3 is 2.20 bits per heavy atom. The molecule has 5 nitrogen and oxygen atoms in total. The van der Waals surface area contributed by atoms with Gasteiger partial charge in [0.15, 0.2) is 0 Å². The molecule has 7 heteroatoms. The highest BCUT2D eigenvalue weighted by molar-refractivity contribution is 9.11. The van der Waals surface area contributed by atoms with E-state index >= 15 is 0 Å². The maximum atomic E-state index is 12.7. The molecule has 3 amide bonds. The van der Waals surface area contributed by atoms with Crippen LogP contribution < -0.4 is 5.32 Å². The van der Waals surface area contributed by atoms with Gasteiger partial charge in [-0.1, -0.05) is 26.0 Å². The van der Waals surface area contributed by atoms with Gasteiger partial charge in [-0.15, -0.1) is 11.3 Å². The van der Waals surface area contributed by atoms with Crippen molar-refractivity contribution in [2.24, 2.45) is 5.92 Å². The van der Waals surface area contributed by atoms with E-state index in [4.69, 9.17) is 0 Å². The van der Waals surface area contributed by atoms with E-state index in [0.717, 1.165) is 13.6 Å². The normalized spacial score (nSPS) is 14.8. The summed E-state index contributed by atoms with van der Waals surface area (Å²) in [6.07, 6.45) is 0. The molecule has 0 bridgehead atoms. The third-order valence-corrected chi connectivity index (χ3v) is 5.69. The van der Waals surface area contributed by atoms with Crippen molar-refractivity contribution in [1.82, 2.24) is 10.2 Å². The Bertz CT molecular complexity index is 811. The molecule has 0 saturated heterocycles. The summed E-state index contributed by atoms with van der Waals surface area (Å²) in [5, 5.41) is 2.84. The Hall–Kier alpha value is -1.99. The average Bonchev–Trinajstić information content (AvgIpc) is 3.10. The second-order valence-corrected chi connectivity index (χ2v) is 8.69. The molecule has 130 valence electrons. The Morgan fingerprint density at radius 2 is 1.72 bits per heavy atom. The number of carbonyl (C=O) groups excluding carboxylic acids is 3. The van der Waals surface area contributed by atoms with Crippen molar-refractivity contribution in [3.05, 3.63) is 56.2 Å². The SMILES string of the molecule is CC(C)C(C(=O)NCc1ccc(Br)s1)N1C(=O)c2ccccc2C1=O. The molecule has 1 aliphatic heterocycles. The number of imide groups is 1. The molecule has 2 heterocycles. The summed E-state index contributed by atoms with van der Waals surface area (Å²) >= 11 is 4.91. The molecule has 3 rings (SSSR count). The number of nitrogens with one attached hydrogen (secondary N) is 1. The molecule has 1 N–H and O–H groups in total. The third kappa shape index (κ3) is 3.39. The van der Waals surface area contributed by atoms with Gasteiger partial charge in [-0.05, 0) is 46.1 Å². The summed E-state index contributed by atoms with van der Waals surface area (Å²) in [5.41, 5.74) is 0.710. The molecule has 0 aliphatic carbocycles. The van der Waals surface area contributed by atoms with Crippen LogP contribution in [-0.4, -0.2) is 28.7 Å². The summed E-state index contributed by atoms with van der Waals surface area (Å²) in [7, 11) is 0. The minimum atomic E-state index is -0.837. The van der Waals surface area contributed by atoms with Crippen molar-refractivity contribution in [2.75, 3.05) is 0 Å². The maximum Gasteiger partial charge on any atom is 0.262 e. The largest absolute Gasteiger partial charge is 0.349 e. The number of carbonyl (C=O) groups is 3. The van der Waals surface area contributed by atoms with Crippen molar-refractivity contribution >= 4 is 45.0 Å². The zero-order chi connectivity index (χ0) is 18.1. The number of hydrogen-bond donors (Lipinski definition) is 1. The maximum absolute atomic E-state index is 12.7. The minimum absolute atomic E-state index is 0.197. The Kier molecular flexibility index (Phi) is 5.06. The van der Waals surface area contributed by atoms with Gasteiger partial charge in [0.25, 0.3) is 11.8 Å². The van der Waals surface area contributed by atoms with E-state index in [9.17, 15) is 14.4 Å². The topological polar surface area (TPSA) is 66.5 Å². The number of fused-ring (bicyclic) bond motifs is 1. The third-order valence-electron chi connectivity index (χ3n) is 4.07. The van der Waals surface area contributed by atoms with Crippen LogP contribution in [0.2, 0.25) is 0 Å². The number of hydrogen-bond acceptors (Lipinski definition) is 4. The molecule has 0 radical (unpaired) electrons. The fourth-order valence-electron chi connectivity index (χ4n) is 2.90. The van der Waals surface area contributed by atoms with Crippen LogP contribution in [0.4, 0.5) is 0 Å². The quantitative estimate of drug-likeness (QED) is 0.753. The average molecular weight is 421 g/mol. The highest BCUT2D eigenvalue weighted by atomic mass is 79.9. The summed E-state index contributed by atoms with van der Waals surface area (Å²) in [5.74, 6) is -1.34. The molecule has 0 spiro atoms. The first-order valence-corrected chi connectivity index (χ1v) is 9.50. The van der Waals surface area contributed by atoms with E-state index < -0.39 is 17.9 Å². The van der Waals surface area contributed by atoms with Gasteiger partial charge in [-0.25, -0.2) is 0 Å². The van der Waals surface area contributed by atoms with Crippen molar-refractivity contribution in [1.29, 1.82) is 0 Å². The van der Waals surface area contributed by atoms with Crippen LogP contribution >= 0.6 is 27.3 Å². The lowest BCUT2D eigenvalue weighted by Crippen LogP contribution is -2.52. The summed E-state index contributed by atoms with van der Waals surface area (Å²) in [4.78, 5) is 40.1. The molecule has 0 saturated carbocycles. The van der Waals surface area contributed by atoms with Crippen LogP contribution in [0.5, 0.6) is 0 Å². The van der Waals surface area contributed by atoms with Gasteiger partial charge < -0.3 is 5.32 Å². The van der Waals surface area contributed by atoms with Gasteiger partial charge in [-0.3, -0.25) is 19.3 Å². The van der Waals surface area contributed by atoms with Crippen LogP contribution in [-0.2, 0) is 11.3 Å². The zero-order valence-corrected chi connectivity index (χ0v) is 16.2. The summed E-state index contributed by atoms with van der Waals surface area (Å²) in [6, 6.07) is 9.66. The van der Waals surface area contributed by atoms with Crippen LogP contribution in [0.25, 0.3) is 0 Å². The molecule has 1 aromatic carbocycles. The van der Waals surface area contributed by atoms with E-state index in [1.165, 1.54) is 11.3 Å². The lowest BCUT2D eigenvalue weighted by atomic mass is 10.0. The van der Waals surface area contributed by atoms with E-state index in [1.54, 1.807) is 24.3 Å². The van der Waals surface area contributed by atoms with Gasteiger partial charge in [0.05, 0.1) is 21.5 Å². The molecule has 25 heavy (non-hydrogen) atoms. The van der Waals surface area contributed by atoms with E-state index in [2.05, 4.69) is 21.2 Å². The van der Waals surface area contributed by atoms with Gasteiger partial charge in [-0.2, -0.15) is 0 Å². The fraction of sp³-hybridized carbons (Fsp3) is 0.278. The van der Waals surface area contributed by atoms with Gasteiger partial charge >= 0.3 is 0 Å². The second-order valence-electron chi connectivity index (χ2n) is 6.14. The Balaban J connectivity index is 1.81. The number of benzene rings is 1. The smallest absolute Gasteiger partial charge is 0.262 e. The van der Waals surface area contributed by atoms with Crippen LogP contribution in [0.3, 0.4) is 0 Å². The lowest BCUT2D eigenvalue weighted by Gasteiger charge is -2.28. The van der Waals surface area contributed by atoms with Crippen molar-refractivity contribution < 1.29 is 14.4 Å².